The summed E-state index contributed by atoms with van der Waals surface area (Å²) in [6.45, 7) is 3.75. The van der Waals surface area contributed by atoms with Crippen LogP contribution in [0.5, 0.6) is 5.75 Å². The van der Waals surface area contributed by atoms with Gasteiger partial charge in [-0.15, -0.1) is 0 Å². The molecule has 1 aliphatic heterocycles. The van der Waals surface area contributed by atoms with Gasteiger partial charge in [-0.2, -0.15) is 0 Å². The third-order valence-corrected chi connectivity index (χ3v) is 4.25. The van der Waals surface area contributed by atoms with Crippen LogP contribution in [0.2, 0.25) is 0 Å². The van der Waals surface area contributed by atoms with Crippen molar-refractivity contribution in [3.63, 3.8) is 0 Å². The molecule has 2 atom stereocenters. The maximum atomic E-state index is 11.1. The van der Waals surface area contributed by atoms with E-state index >= 15 is 0 Å². The van der Waals surface area contributed by atoms with E-state index in [2.05, 4.69) is 11.8 Å². The van der Waals surface area contributed by atoms with E-state index in [4.69, 9.17) is 15.6 Å². The normalized spacial score (nSPS) is 21.0. The highest BCUT2D eigenvalue weighted by molar-refractivity contribution is 5.70. The Bertz CT molecular complexity index is 504. The Hall–Kier alpha value is -1.75. The largest absolute Gasteiger partial charge is 0.495 e. The number of nitrogens with two attached hydrogens (primary N) is 1. The highest BCUT2D eigenvalue weighted by Gasteiger charge is 2.27. The van der Waals surface area contributed by atoms with Gasteiger partial charge in [0.15, 0.2) is 0 Å². The molecule has 0 amide bonds. The van der Waals surface area contributed by atoms with Gasteiger partial charge in [0.25, 0.3) is 0 Å². The van der Waals surface area contributed by atoms with Crippen LogP contribution in [0, 0.1) is 5.92 Å². The summed E-state index contributed by atoms with van der Waals surface area (Å²) in [7, 11) is 1.60. The molecule has 2 rings (SSSR count). The lowest BCUT2D eigenvalue weighted by molar-refractivity contribution is -0.143. The fourth-order valence-electron chi connectivity index (χ4n) is 2.99. The minimum Gasteiger partial charge on any atom is -0.495 e. The SMILES string of the molecule is COc1ccc(CC(C)N2CCCC(C(=O)O)C2)cc1N. The van der Waals surface area contributed by atoms with Crippen LogP contribution < -0.4 is 10.5 Å². The molecule has 2 unspecified atom stereocenters. The van der Waals surface area contributed by atoms with Gasteiger partial charge in [-0.05, 0) is 50.4 Å². The van der Waals surface area contributed by atoms with E-state index in [9.17, 15) is 4.79 Å². The lowest BCUT2D eigenvalue weighted by atomic mass is 9.95. The number of carboxylic acid groups (broad SMARTS) is 1. The first-order chi connectivity index (χ1) is 10.0. The molecule has 1 fully saturated rings. The van der Waals surface area contributed by atoms with Crippen LogP contribution in [0.4, 0.5) is 5.69 Å². The third-order valence-electron chi connectivity index (χ3n) is 4.25. The first-order valence-corrected chi connectivity index (χ1v) is 7.40. The van der Waals surface area contributed by atoms with E-state index in [1.165, 1.54) is 0 Å². The van der Waals surface area contributed by atoms with Crippen LogP contribution in [0.1, 0.15) is 25.3 Å². The number of methoxy groups -OCH3 is 1. The van der Waals surface area contributed by atoms with Gasteiger partial charge in [0.1, 0.15) is 5.75 Å². The second-order valence-corrected chi connectivity index (χ2v) is 5.80. The van der Waals surface area contributed by atoms with Gasteiger partial charge in [-0.1, -0.05) is 6.07 Å². The Morgan fingerprint density at radius 1 is 1.57 bits per heavy atom. The molecule has 1 aliphatic rings. The Labute approximate surface area is 125 Å². The van der Waals surface area contributed by atoms with Crippen molar-refractivity contribution in [2.75, 3.05) is 25.9 Å². The van der Waals surface area contributed by atoms with Crippen molar-refractivity contribution in [3.8, 4) is 5.75 Å². The quantitative estimate of drug-likeness (QED) is 0.812. The average Bonchev–Trinajstić information content (AvgIpc) is 2.47. The number of hydrogen-bond acceptors (Lipinski definition) is 4. The molecule has 0 aromatic heterocycles. The maximum Gasteiger partial charge on any atom is 0.307 e. The lowest BCUT2D eigenvalue weighted by Gasteiger charge is -2.35. The molecule has 21 heavy (non-hydrogen) atoms. The monoisotopic (exact) mass is 292 g/mol. The van der Waals surface area contributed by atoms with Crippen molar-refractivity contribution in [2.45, 2.75) is 32.2 Å². The summed E-state index contributed by atoms with van der Waals surface area (Å²) < 4.78 is 5.16. The van der Waals surface area contributed by atoms with Crippen molar-refractivity contribution in [3.05, 3.63) is 23.8 Å². The van der Waals surface area contributed by atoms with Gasteiger partial charge in [0.2, 0.25) is 0 Å². The van der Waals surface area contributed by atoms with E-state index in [0.29, 0.717) is 24.0 Å². The second-order valence-electron chi connectivity index (χ2n) is 5.80. The first kappa shape index (κ1) is 15.6. The van der Waals surface area contributed by atoms with Crippen LogP contribution >= 0.6 is 0 Å². The Balaban J connectivity index is 1.99. The number of nitrogens with zero attached hydrogens (tertiary/aromatic N) is 1. The molecule has 0 saturated carbocycles. The second kappa shape index (κ2) is 6.80. The molecular weight excluding hydrogens is 268 g/mol. The molecule has 3 N–H and O–H groups in total. The number of carboxylic acids is 1. The summed E-state index contributed by atoms with van der Waals surface area (Å²) in [5.74, 6) is -0.224. The highest BCUT2D eigenvalue weighted by Crippen LogP contribution is 2.24. The summed E-state index contributed by atoms with van der Waals surface area (Å²) in [6.07, 6.45) is 2.60. The van der Waals surface area contributed by atoms with E-state index < -0.39 is 5.97 Å². The summed E-state index contributed by atoms with van der Waals surface area (Å²) in [6, 6.07) is 6.14. The molecule has 1 heterocycles. The maximum absolute atomic E-state index is 11.1. The van der Waals surface area contributed by atoms with Crippen LogP contribution in [-0.4, -0.2) is 42.2 Å². The Morgan fingerprint density at radius 2 is 2.33 bits per heavy atom. The zero-order chi connectivity index (χ0) is 15.4. The number of rotatable bonds is 5. The summed E-state index contributed by atoms with van der Waals surface area (Å²) in [5.41, 5.74) is 7.73. The molecule has 1 aromatic carbocycles. The summed E-state index contributed by atoms with van der Waals surface area (Å²) >= 11 is 0. The standard InChI is InChI=1S/C16H24N2O3/c1-11(18-7-3-4-13(10-18)16(19)20)8-12-5-6-15(21-2)14(17)9-12/h5-6,9,11,13H,3-4,7-8,10,17H2,1-2H3,(H,19,20). The number of nitrogen functional groups attached to an aromatic ring is 1. The fourth-order valence-corrected chi connectivity index (χ4v) is 2.99. The number of ether oxygens (including phenoxy) is 1. The van der Waals surface area contributed by atoms with E-state index in [-0.39, 0.29) is 5.92 Å². The van der Waals surface area contributed by atoms with Crippen LogP contribution in [-0.2, 0) is 11.2 Å². The molecule has 1 saturated heterocycles. The number of aliphatic carboxylic acids is 1. The highest BCUT2D eigenvalue weighted by atomic mass is 16.5. The average molecular weight is 292 g/mol. The number of benzene rings is 1. The van der Waals surface area contributed by atoms with Gasteiger partial charge in [0, 0.05) is 12.6 Å². The molecule has 1 aromatic rings. The number of likely N-dealkylation sites (tertiary alicyclic amines) is 1. The number of carbonyl (C=O) groups is 1. The van der Waals surface area contributed by atoms with Crippen LogP contribution in [0.25, 0.3) is 0 Å². The van der Waals surface area contributed by atoms with Gasteiger partial charge in [-0.3, -0.25) is 9.69 Å². The minimum absolute atomic E-state index is 0.234. The Kier molecular flexibility index (Phi) is 5.07. The number of anilines is 1. The van der Waals surface area contributed by atoms with Gasteiger partial charge in [0.05, 0.1) is 18.7 Å². The first-order valence-electron chi connectivity index (χ1n) is 7.40. The van der Waals surface area contributed by atoms with E-state index in [1.54, 1.807) is 7.11 Å². The zero-order valence-electron chi connectivity index (χ0n) is 12.7. The molecular formula is C16H24N2O3. The van der Waals surface area contributed by atoms with Gasteiger partial charge < -0.3 is 15.6 Å². The van der Waals surface area contributed by atoms with Gasteiger partial charge >= 0.3 is 5.97 Å². The van der Waals surface area contributed by atoms with Crippen LogP contribution in [0.3, 0.4) is 0 Å². The van der Waals surface area contributed by atoms with Gasteiger partial charge in [-0.25, -0.2) is 0 Å². The summed E-state index contributed by atoms with van der Waals surface area (Å²) in [4.78, 5) is 13.4. The minimum atomic E-state index is -0.680. The van der Waals surface area contributed by atoms with Crippen molar-refractivity contribution < 1.29 is 14.6 Å². The number of piperidine rings is 1. The zero-order valence-corrected chi connectivity index (χ0v) is 12.7. The molecule has 0 bridgehead atoms. The molecule has 0 spiro atoms. The van der Waals surface area contributed by atoms with E-state index in [0.717, 1.165) is 31.4 Å². The predicted octanol–water partition coefficient (Wildman–Crippen LogP) is 2.01. The van der Waals surface area contributed by atoms with Crippen molar-refractivity contribution in [1.29, 1.82) is 0 Å². The molecule has 116 valence electrons. The lowest BCUT2D eigenvalue weighted by Crippen LogP contribution is -2.44. The van der Waals surface area contributed by atoms with Crippen LogP contribution in [0.15, 0.2) is 18.2 Å². The summed E-state index contributed by atoms with van der Waals surface area (Å²) in [5, 5.41) is 9.16. The molecule has 0 radical (unpaired) electrons. The third kappa shape index (κ3) is 3.88. The number of hydrogen-bond donors (Lipinski definition) is 2. The van der Waals surface area contributed by atoms with E-state index in [1.807, 2.05) is 18.2 Å². The Morgan fingerprint density at radius 3 is 2.95 bits per heavy atom. The molecule has 5 heteroatoms. The predicted molar refractivity (Wildman–Crippen MR) is 82.5 cm³/mol. The molecule has 5 nitrogen and oxygen atoms in total. The van der Waals surface area contributed by atoms with Crippen molar-refractivity contribution >= 4 is 11.7 Å². The topological polar surface area (TPSA) is 75.8 Å². The van der Waals surface area contributed by atoms with Crippen molar-refractivity contribution in [1.82, 2.24) is 4.90 Å². The molecule has 0 aliphatic carbocycles. The van der Waals surface area contributed by atoms with Crippen molar-refractivity contribution in [2.24, 2.45) is 5.92 Å². The fraction of sp³-hybridized carbons (Fsp3) is 0.562. The smallest absolute Gasteiger partial charge is 0.307 e.